The molecule has 1 atom stereocenters. The molecule has 0 bridgehead atoms. The molecule has 6 heteroatoms. The van der Waals surface area contributed by atoms with Crippen molar-refractivity contribution in [2.45, 2.75) is 6.04 Å². The minimum absolute atomic E-state index is 0.00729. The summed E-state index contributed by atoms with van der Waals surface area (Å²) in [7, 11) is 0. The number of anilines is 2. The predicted molar refractivity (Wildman–Crippen MR) is 91.7 cm³/mol. The smallest absolute Gasteiger partial charge is 0.244 e. The van der Waals surface area contributed by atoms with Crippen molar-refractivity contribution < 1.29 is 14.7 Å². The van der Waals surface area contributed by atoms with E-state index in [1.165, 1.54) is 4.90 Å². The predicted octanol–water partition coefficient (Wildman–Crippen LogP) is 1.29. The second-order valence-corrected chi connectivity index (χ2v) is 5.57. The van der Waals surface area contributed by atoms with Crippen molar-refractivity contribution in [1.82, 2.24) is 5.32 Å². The SMILES string of the molecule is O=C1CN(C(=O)CN[C@H](CO)c2ccccc2)c2ccccc2N1. The number of hydrogen-bond acceptors (Lipinski definition) is 4. The maximum atomic E-state index is 12.6. The summed E-state index contributed by atoms with van der Waals surface area (Å²) in [5.74, 6) is -0.435. The number of nitrogens with one attached hydrogen (secondary N) is 2. The third kappa shape index (κ3) is 3.45. The first-order valence-electron chi connectivity index (χ1n) is 7.77. The summed E-state index contributed by atoms with van der Waals surface area (Å²) < 4.78 is 0. The van der Waals surface area contributed by atoms with Crippen molar-refractivity contribution in [3.05, 3.63) is 60.2 Å². The first-order chi connectivity index (χ1) is 11.7. The molecule has 0 unspecified atom stereocenters. The van der Waals surface area contributed by atoms with Gasteiger partial charge in [0.2, 0.25) is 11.8 Å². The number of aliphatic hydroxyl groups is 1. The van der Waals surface area contributed by atoms with E-state index in [1.54, 1.807) is 12.1 Å². The highest BCUT2D eigenvalue weighted by molar-refractivity contribution is 6.10. The van der Waals surface area contributed by atoms with Crippen molar-refractivity contribution in [3.63, 3.8) is 0 Å². The van der Waals surface area contributed by atoms with Crippen molar-refractivity contribution in [2.75, 3.05) is 29.9 Å². The molecule has 0 saturated heterocycles. The van der Waals surface area contributed by atoms with E-state index in [0.29, 0.717) is 11.4 Å². The molecule has 124 valence electrons. The zero-order valence-electron chi connectivity index (χ0n) is 13.1. The number of nitrogens with zero attached hydrogens (tertiary/aromatic N) is 1. The number of amides is 2. The topological polar surface area (TPSA) is 81.7 Å². The van der Waals surface area contributed by atoms with Crippen LogP contribution in [0, 0.1) is 0 Å². The second-order valence-electron chi connectivity index (χ2n) is 5.57. The maximum Gasteiger partial charge on any atom is 0.244 e. The highest BCUT2D eigenvalue weighted by Crippen LogP contribution is 2.28. The van der Waals surface area contributed by atoms with Crippen LogP contribution in [0.25, 0.3) is 0 Å². The average molecular weight is 325 g/mol. The summed E-state index contributed by atoms with van der Waals surface area (Å²) in [6.07, 6.45) is 0. The number of carbonyl (C=O) groups excluding carboxylic acids is 2. The number of hydrogen-bond donors (Lipinski definition) is 3. The Bertz CT molecular complexity index is 733. The molecule has 1 heterocycles. The lowest BCUT2D eigenvalue weighted by atomic mass is 10.1. The van der Waals surface area contributed by atoms with E-state index in [1.807, 2.05) is 42.5 Å². The molecule has 0 radical (unpaired) electrons. The molecule has 2 aromatic carbocycles. The minimum Gasteiger partial charge on any atom is -0.394 e. The van der Waals surface area contributed by atoms with Gasteiger partial charge in [0, 0.05) is 0 Å². The molecule has 0 fully saturated rings. The van der Waals surface area contributed by atoms with Crippen molar-refractivity contribution in [3.8, 4) is 0 Å². The molecule has 24 heavy (non-hydrogen) atoms. The fraction of sp³-hybridized carbons (Fsp3) is 0.222. The summed E-state index contributed by atoms with van der Waals surface area (Å²) in [5, 5.41) is 15.4. The Morgan fingerprint density at radius 2 is 1.88 bits per heavy atom. The fourth-order valence-corrected chi connectivity index (χ4v) is 2.73. The van der Waals surface area contributed by atoms with E-state index in [-0.39, 0.29) is 37.6 Å². The molecule has 1 aliphatic heterocycles. The van der Waals surface area contributed by atoms with Crippen LogP contribution in [-0.4, -0.2) is 36.6 Å². The van der Waals surface area contributed by atoms with Crippen LogP contribution in [0.5, 0.6) is 0 Å². The van der Waals surface area contributed by atoms with Gasteiger partial charge in [-0.2, -0.15) is 0 Å². The summed E-state index contributed by atoms with van der Waals surface area (Å²) in [6.45, 7) is -0.0945. The molecule has 3 N–H and O–H groups in total. The number of benzene rings is 2. The Balaban J connectivity index is 1.70. The second kappa shape index (κ2) is 7.25. The summed E-state index contributed by atoms with van der Waals surface area (Å²) in [6, 6.07) is 16.3. The number of aliphatic hydroxyl groups excluding tert-OH is 1. The first-order valence-corrected chi connectivity index (χ1v) is 7.77. The molecule has 1 aliphatic rings. The Hall–Kier alpha value is -2.70. The Morgan fingerprint density at radius 3 is 2.62 bits per heavy atom. The summed E-state index contributed by atoms with van der Waals surface area (Å²) in [5.41, 5.74) is 2.22. The van der Waals surface area contributed by atoms with Gasteiger partial charge in [0.15, 0.2) is 0 Å². The first kappa shape index (κ1) is 16.2. The standard InChI is InChI=1S/C18H19N3O3/c22-12-15(13-6-2-1-3-7-13)19-10-18(24)21-11-17(23)20-14-8-4-5-9-16(14)21/h1-9,15,19,22H,10-12H2,(H,20,23)/t15-/m1/s1. The van der Waals surface area contributed by atoms with Crippen molar-refractivity contribution in [2.24, 2.45) is 0 Å². The number of carbonyl (C=O) groups is 2. The van der Waals surface area contributed by atoms with Crippen LogP contribution in [0.3, 0.4) is 0 Å². The van der Waals surface area contributed by atoms with E-state index in [2.05, 4.69) is 10.6 Å². The van der Waals surface area contributed by atoms with Gasteiger partial charge in [-0.3, -0.25) is 19.8 Å². The molecular formula is C18H19N3O3. The quantitative estimate of drug-likeness (QED) is 0.774. The molecule has 3 rings (SSSR count). The van der Waals surface area contributed by atoms with Crippen LogP contribution in [0.4, 0.5) is 11.4 Å². The summed E-state index contributed by atoms with van der Waals surface area (Å²) >= 11 is 0. The molecule has 0 aliphatic carbocycles. The van der Waals surface area contributed by atoms with Gasteiger partial charge in [-0.15, -0.1) is 0 Å². The lowest BCUT2D eigenvalue weighted by Crippen LogP contribution is -2.46. The third-order valence-corrected chi connectivity index (χ3v) is 3.96. The minimum atomic E-state index is -0.330. The summed E-state index contributed by atoms with van der Waals surface area (Å²) in [4.78, 5) is 25.8. The lowest BCUT2D eigenvalue weighted by Gasteiger charge is -2.29. The Kier molecular flexibility index (Phi) is 4.88. The fourth-order valence-electron chi connectivity index (χ4n) is 2.73. The number of para-hydroxylation sites is 2. The Morgan fingerprint density at radius 1 is 1.17 bits per heavy atom. The zero-order valence-corrected chi connectivity index (χ0v) is 13.1. The highest BCUT2D eigenvalue weighted by Gasteiger charge is 2.26. The van der Waals surface area contributed by atoms with Crippen LogP contribution < -0.4 is 15.5 Å². The van der Waals surface area contributed by atoms with Crippen molar-refractivity contribution in [1.29, 1.82) is 0 Å². The van der Waals surface area contributed by atoms with Crippen LogP contribution in [0.15, 0.2) is 54.6 Å². The molecular weight excluding hydrogens is 306 g/mol. The van der Waals surface area contributed by atoms with E-state index in [0.717, 1.165) is 5.56 Å². The monoisotopic (exact) mass is 325 g/mol. The van der Waals surface area contributed by atoms with Gasteiger partial charge in [0.25, 0.3) is 0 Å². The van der Waals surface area contributed by atoms with E-state index >= 15 is 0 Å². The molecule has 0 saturated carbocycles. The lowest BCUT2D eigenvalue weighted by molar-refractivity contribution is -0.121. The Labute approximate surface area is 140 Å². The van der Waals surface area contributed by atoms with Gasteiger partial charge >= 0.3 is 0 Å². The normalized spacial score (nSPS) is 14.7. The molecule has 2 amide bonds. The highest BCUT2D eigenvalue weighted by atomic mass is 16.3. The van der Waals surface area contributed by atoms with E-state index < -0.39 is 0 Å². The maximum absolute atomic E-state index is 12.6. The van der Waals surface area contributed by atoms with Crippen LogP contribution in [0.1, 0.15) is 11.6 Å². The molecule has 0 spiro atoms. The van der Waals surface area contributed by atoms with Gasteiger partial charge in [0.1, 0.15) is 6.54 Å². The number of rotatable bonds is 5. The van der Waals surface area contributed by atoms with Gasteiger partial charge in [-0.25, -0.2) is 0 Å². The van der Waals surface area contributed by atoms with Crippen LogP contribution >= 0.6 is 0 Å². The van der Waals surface area contributed by atoms with E-state index in [9.17, 15) is 14.7 Å². The number of fused-ring (bicyclic) bond motifs is 1. The van der Waals surface area contributed by atoms with Gasteiger partial charge in [0.05, 0.1) is 30.6 Å². The van der Waals surface area contributed by atoms with Gasteiger partial charge < -0.3 is 10.4 Å². The molecule has 0 aromatic heterocycles. The van der Waals surface area contributed by atoms with Crippen molar-refractivity contribution >= 4 is 23.2 Å². The average Bonchev–Trinajstić information content (AvgIpc) is 2.62. The largest absolute Gasteiger partial charge is 0.394 e. The van der Waals surface area contributed by atoms with Gasteiger partial charge in [-0.05, 0) is 17.7 Å². The third-order valence-electron chi connectivity index (χ3n) is 3.96. The molecule has 2 aromatic rings. The van der Waals surface area contributed by atoms with E-state index in [4.69, 9.17) is 0 Å². The zero-order chi connectivity index (χ0) is 16.9. The molecule has 6 nitrogen and oxygen atoms in total. The van der Waals surface area contributed by atoms with Crippen LogP contribution in [0.2, 0.25) is 0 Å². The van der Waals surface area contributed by atoms with Crippen LogP contribution in [-0.2, 0) is 9.59 Å². The van der Waals surface area contributed by atoms with Gasteiger partial charge in [-0.1, -0.05) is 42.5 Å².